The van der Waals surface area contributed by atoms with Crippen LogP contribution in [0, 0.1) is 0 Å². The van der Waals surface area contributed by atoms with Crippen LogP contribution in [0.15, 0.2) is 41.0 Å². The normalized spacial score (nSPS) is 17.7. The molecule has 0 unspecified atom stereocenters. The van der Waals surface area contributed by atoms with Gasteiger partial charge < -0.3 is 15.1 Å². The minimum Gasteiger partial charge on any atom is -0.444 e. The number of likely N-dealkylation sites (tertiary alicyclic amines) is 1. The van der Waals surface area contributed by atoms with Crippen molar-refractivity contribution in [2.45, 2.75) is 38.1 Å². The molecule has 1 aromatic carbocycles. The fraction of sp³-hybridized carbons (Fsp3) is 0.389. The van der Waals surface area contributed by atoms with E-state index in [-0.39, 0.29) is 30.7 Å². The molecule has 1 atom stereocenters. The molecule has 126 valence electrons. The fourth-order valence-electron chi connectivity index (χ4n) is 3.13. The highest BCUT2D eigenvalue weighted by Crippen LogP contribution is 2.22. The molecule has 1 aliphatic heterocycles. The number of rotatable bonds is 5. The lowest BCUT2D eigenvalue weighted by Gasteiger charge is -2.35. The summed E-state index contributed by atoms with van der Waals surface area (Å²) < 4.78 is 5.47. The van der Waals surface area contributed by atoms with Gasteiger partial charge in [0.25, 0.3) is 0 Å². The summed E-state index contributed by atoms with van der Waals surface area (Å²) in [6.07, 6.45) is 4.71. The van der Waals surface area contributed by atoms with Crippen molar-refractivity contribution in [3.8, 4) is 11.5 Å². The monoisotopic (exact) mass is 327 g/mol. The van der Waals surface area contributed by atoms with Crippen molar-refractivity contribution in [1.29, 1.82) is 0 Å². The van der Waals surface area contributed by atoms with Gasteiger partial charge in [-0.1, -0.05) is 18.2 Å². The lowest BCUT2D eigenvalue weighted by Crippen LogP contribution is -2.46. The highest BCUT2D eigenvalue weighted by Gasteiger charge is 2.28. The van der Waals surface area contributed by atoms with E-state index in [1.165, 1.54) is 6.26 Å². The third-order valence-electron chi connectivity index (χ3n) is 4.29. The molecule has 2 heterocycles. The first-order valence-electron chi connectivity index (χ1n) is 8.21. The molecule has 0 aliphatic carbocycles. The minimum atomic E-state index is -0.368. The van der Waals surface area contributed by atoms with E-state index in [0.29, 0.717) is 18.1 Å². The Kier molecular flexibility index (Phi) is 4.93. The second kappa shape index (κ2) is 7.29. The molecule has 0 radical (unpaired) electrons. The maximum absolute atomic E-state index is 12.6. The van der Waals surface area contributed by atoms with Crippen molar-refractivity contribution < 1.29 is 14.0 Å². The van der Waals surface area contributed by atoms with E-state index in [0.717, 1.165) is 24.8 Å². The van der Waals surface area contributed by atoms with E-state index in [9.17, 15) is 9.59 Å². The summed E-state index contributed by atoms with van der Waals surface area (Å²) in [5.74, 6) is 0.104. The Bertz CT molecular complexity index is 711. The number of oxazole rings is 1. The Morgan fingerprint density at radius 2 is 2.04 bits per heavy atom. The third-order valence-corrected chi connectivity index (χ3v) is 4.29. The molecular weight excluding hydrogens is 306 g/mol. The third kappa shape index (κ3) is 3.82. The number of nitrogens with two attached hydrogens (primary N) is 1. The summed E-state index contributed by atoms with van der Waals surface area (Å²) in [5.41, 5.74) is 6.78. The highest BCUT2D eigenvalue weighted by molar-refractivity contribution is 5.80. The van der Waals surface area contributed by atoms with E-state index >= 15 is 0 Å². The van der Waals surface area contributed by atoms with Crippen LogP contribution in [0.5, 0.6) is 0 Å². The highest BCUT2D eigenvalue weighted by atomic mass is 16.3. The van der Waals surface area contributed by atoms with Gasteiger partial charge in [-0.3, -0.25) is 9.59 Å². The van der Waals surface area contributed by atoms with E-state index in [1.807, 2.05) is 30.3 Å². The van der Waals surface area contributed by atoms with Crippen LogP contribution in [0.1, 0.15) is 31.4 Å². The quantitative estimate of drug-likeness (QED) is 0.911. The molecule has 6 nitrogen and oxygen atoms in total. The zero-order valence-electron chi connectivity index (χ0n) is 13.5. The summed E-state index contributed by atoms with van der Waals surface area (Å²) in [4.78, 5) is 30.0. The first kappa shape index (κ1) is 16.2. The Morgan fingerprint density at radius 1 is 1.25 bits per heavy atom. The van der Waals surface area contributed by atoms with Crippen molar-refractivity contribution in [3.63, 3.8) is 0 Å². The largest absolute Gasteiger partial charge is 0.444 e. The van der Waals surface area contributed by atoms with Gasteiger partial charge in [0.2, 0.25) is 17.7 Å². The molecule has 2 amide bonds. The molecule has 1 fully saturated rings. The molecule has 0 bridgehead atoms. The number of carbonyl (C=O) groups excluding carboxylic acids is 2. The first-order chi connectivity index (χ1) is 11.6. The smallest absolute Gasteiger partial charge is 0.228 e. The average Bonchev–Trinajstić information content (AvgIpc) is 3.04. The number of hydrogen-bond acceptors (Lipinski definition) is 4. The number of aromatic nitrogens is 1. The molecule has 1 aromatic heterocycles. The number of piperidine rings is 1. The molecule has 24 heavy (non-hydrogen) atoms. The van der Waals surface area contributed by atoms with Crippen molar-refractivity contribution in [3.05, 3.63) is 42.3 Å². The lowest BCUT2D eigenvalue weighted by molar-refractivity contribution is -0.135. The molecule has 0 saturated carbocycles. The summed E-state index contributed by atoms with van der Waals surface area (Å²) in [5, 5.41) is 0. The van der Waals surface area contributed by atoms with Gasteiger partial charge in [-0.05, 0) is 31.4 Å². The van der Waals surface area contributed by atoms with E-state index in [1.54, 1.807) is 4.90 Å². The fourth-order valence-corrected chi connectivity index (χ4v) is 3.13. The van der Waals surface area contributed by atoms with Crippen molar-refractivity contribution in [2.75, 3.05) is 6.54 Å². The SMILES string of the molecule is NC(=O)C[C@@H]1CCCCN1C(=O)Cc1coc(-c2ccccc2)n1. The van der Waals surface area contributed by atoms with Crippen molar-refractivity contribution in [2.24, 2.45) is 5.73 Å². The molecule has 2 N–H and O–H groups in total. The summed E-state index contributed by atoms with van der Waals surface area (Å²) >= 11 is 0. The maximum Gasteiger partial charge on any atom is 0.228 e. The van der Waals surface area contributed by atoms with Gasteiger partial charge in [0, 0.05) is 24.6 Å². The van der Waals surface area contributed by atoms with Crippen LogP contribution >= 0.6 is 0 Å². The van der Waals surface area contributed by atoms with Crippen LogP contribution in [0.25, 0.3) is 11.5 Å². The van der Waals surface area contributed by atoms with Crippen LogP contribution in [-0.4, -0.2) is 34.3 Å². The zero-order chi connectivity index (χ0) is 16.9. The van der Waals surface area contributed by atoms with Crippen LogP contribution in [0.2, 0.25) is 0 Å². The van der Waals surface area contributed by atoms with Gasteiger partial charge in [0.15, 0.2) is 0 Å². The van der Waals surface area contributed by atoms with Crippen LogP contribution in [0.3, 0.4) is 0 Å². The van der Waals surface area contributed by atoms with Crippen LogP contribution in [0.4, 0.5) is 0 Å². The van der Waals surface area contributed by atoms with Crippen molar-refractivity contribution >= 4 is 11.8 Å². The summed E-state index contributed by atoms with van der Waals surface area (Å²) in [7, 11) is 0. The topological polar surface area (TPSA) is 89.4 Å². The Morgan fingerprint density at radius 3 is 2.79 bits per heavy atom. The maximum atomic E-state index is 12.6. The van der Waals surface area contributed by atoms with E-state index in [4.69, 9.17) is 10.2 Å². The van der Waals surface area contributed by atoms with Gasteiger partial charge in [-0.15, -0.1) is 0 Å². The number of amides is 2. The number of hydrogen-bond donors (Lipinski definition) is 1. The van der Waals surface area contributed by atoms with Crippen LogP contribution in [-0.2, 0) is 16.0 Å². The average molecular weight is 327 g/mol. The molecule has 1 saturated heterocycles. The molecule has 6 heteroatoms. The number of primary amides is 1. The van der Waals surface area contributed by atoms with Gasteiger partial charge in [-0.25, -0.2) is 4.98 Å². The second-order valence-electron chi connectivity index (χ2n) is 6.09. The van der Waals surface area contributed by atoms with Gasteiger partial charge >= 0.3 is 0 Å². The molecule has 3 rings (SSSR count). The van der Waals surface area contributed by atoms with Crippen LogP contribution < -0.4 is 5.73 Å². The Balaban J connectivity index is 1.68. The van der Waals surface area contributed by atoms with Gasteiger partial charge in [0.1, 0.15) is 6.26 Å². The molecule has 1 aliphatic rings. The molecular formula is C18H21N3O3. The lowest BCUT2D eigenvalue weighted by atomic mass is 9.98. The number of carbonyl (C=O) groups is 2. The number of nitrogens with zero attached hydrogens (tertiary/aromatic N) is 2. The predicted octanol–water partition coefficient (Wildman–Crippen LogP) is 2.14. The summed E-state index contributed by atoms with van der Waals surface area (Å²) in [6, 6.07) is 9.46. The van der Waals surface area contributed by atoms with Gasteiger partial charge in [0.05, 0.1) is 12.1 Å². The van der Waals surface area contributed by atoms with E-state index in [2.05, 4.69) is 4.98 Å². The van der Waals surface area contributed by atoms with Crippen molar-refractivity contribution in [1.82, 2.24) is 9.88 Å². The predicted molar refractivity (Wildman–Crippen MR) is 88.8 cm³/mol. The minimum absolute atomic E-state index is 0.0335. The Labute approximate surface area is 140 Å². The number of benzene rings is 1. The Hall–Kier alpha value is -2.63. The standard InChI is InChI=1S/C18H21N3O3/c19-16(22)11-15-8-4-5-9-21(15)17(23)10-14-12-24-18(20-14)13-6-2-1-3-7-13/h1-3,6-7,12,15H,4-5,8-11H2,(H2,19,22)/t15-/m0/s1. The van der Waals surface area contributed by atoms with Gasteiger partial charge in [-0.2, -0.15) is 0 Å². The molecule has 2 aromatic rings. The zero-order valence-corrected chi connectivity index (χ0v) is 13.5. The first-order valence-corrected chi connectivity index (χ1v) is 8.21. The second-order valence-corrected chi connectivity index (χ2v) is 6.09. The van der Waals surface area contributed by atoms with E-state index < -0.39 is 0 Å². The summed E-state index contributed by atoms with van der Waals surface area (Å²) in [6.45, 7) is 0.667. The molecule has 0 spiro atoms.